The first-order chi connectivity index (χ1) is 9.99. The minimum absolute atomic E-state index is 0.216. The molecule has 0 aliphatic heterocycles. The lowest BCUT2D eigenvalue weighted by atomic mass is 10.2. The van der Waals surface area contributed by atoms with Crippen molar-refractivity contribution in [2.45, 2.75) is 44.0 Å². The average molecular weight is 329 g/mol. The molecule has 1 aliphatic rings. The van der Waals surface area contributed by atoms with Crippen LogP contribution in [0.1, 0.15) is 39.6 Å². The maximum atomic E-state index is 11.8. The molecule has 1 heterocycles. The van der Waals surface area contributed by atoms with E-state index in [9.17, 15) is 9.59 Å². The summed E-state index contributed by atoms with van der Waals surface area (Å²) in [4.78, 5) is 27.1. The molecule has 1 aromatic rings. The highest BCUT2D eigenvalue weighted by atomic mass is 32.2. The number of thioether (sulfide) groups is 1. The highest BCUT2D eigenvalue weighted by Crippen LogP contribution is 2.28. The summed E-state index contributed by atoms with van der Waals surface area (Å²) in [5.41, 5.74) is 0.489. The monoisotopic (exact) mass is 329 g/mol. The second-order valence-electron chi connectivity index (χ2n) is 5.02. The van der Waals surface area contributed by atoms with Crippen molar-refractivity contribution in [1.29, 1.82) is 0 Å². The van der Waals surface area contributed by atoms with E-state index in [-0.39, 0.29) is 23.5 Å². The summed E-state index contributed by atoms with van der Waals surface area (Å²) < 4.78 is 0. The number of hydrogen-bond acceptors (Lipinski definition) is 5. The van der Waals surface area contributed by atoms with E-state index in [1.165, 1.54) is 0 Å². The highest BCUT2D eigenvalue weighted by molar-refractivity contribution is 7.99. The summed E-state index contributed by atoms with van der Waals surface area (Å²) in [6.45, 7) is 1.91. The van der Waals surface area contributed by atoms with Gasteiger partial charge in [-0.2, -0.15) is 11.8 Å². The third-order valence-electron chi connectivity index (χ3n) is 3.49. The van der Waals surface area contributed by atoms with Crippen LogP contribution < -0.4 is 10.6 Å². The number of amides is 2. The van der Waals surface area contributed by atoms with Crippen LogP contribution in [0.4, 0.5) is 4.79 Å². The minimum Gasteiger partial charge on any atom is -0.477 e. The molecule has 1 fully saturated rings. The lowest BCUT2D eigenvalue weighted by Crippen LogP contribution is -2.40. The van der Waals surface area contributed by atoms with Gasteiger partial charge >= 0.3 is 12.0 Å². The number of carboxylic acid groups (broad SMARTS) is 1. The summed E-state index contributed by atoms with van der Waals surface area (Å²) in [5, 5.41) is 15.9. The fourth-order valence-electron chi connectivity index (χ4n) is 2.40. The number of nitrogens with zero attached hydrogens (tertiary/aromatic N) is 1. The normalized spacial score (nSPS) is 21.2. The second kappa shape index (κ2) is 7.13. The van der Waals surface area contributed by atoms with Crippen LogP contribution in [0.15, 0.2) is 0 Å². The van der Waals surface area contributed by atoms with Gasteiger partial charge in [0.1, 0.15) is 9.88 Å². The molecule has 8 heteroatoms. The molecule has 21 heavy (non-hydrogen) atoms. The van der Waals surface area contributed by atoms with Gasteiger partial charge < -0.3 is 15.7 Å². The number of aromatic nitrogens is 1. The topological polar surface area (TPSA) is 91.3 Å². The van der Waals surface area contributed by atoms with Crippen LogP contribution in [0.25, 0.3) is 0 Å². The Hall–Kier alpha value is -1.28. The molecule has 0 aromatic carbocycles. The average Bonchev–Trinajstić information content (AvgIpc) is 3.03. The number of thiazole rings is 1. The Bertz CT molecular complexity index is 533. The molecule has 0 spiro atoms. The lowest BCUT2D eigenvalue weighted by molar-refractivity contribution is 0.0701. The van der Waals surface area contributed by atoms with Crippen LogP contribution >= 0.6 is 23.1 Å². The van der Waals surface area contributed by atoms with Gasteiger partial charge in [-0.1, -0.05) is 0 Å². The summed E-state index contributed by atoms with van der Waals surface area (Å²) in [6.07, 6.45) is 5.25. The Morgan fingerprint density at radius 2 is 2.24 bits per heavy atom. The maximum absolute atomic E-state index is 11.8. The predicted octanol–water partition coefficient (Wildman–Crippen LogP) is 2.23. The van der Waals surface area contributed by atoms with E-state index >= 15 is 0 Å². The van der Waals surface area contributed by atoms with E-state index in [1.807, 2.05) is 11.8 Å². The van der Waals surface area contributed by atoms with Gasteiger partial charge in [0.25, 0.3) is 0 Å². The number of urea groups is 1. The number of carboxylic acids is 1. The number of carbonyl (C=O) groups excluding carboxylic acids is 1. The zero-order chi connectivity index (χ0) is 15.4. The molecule has 3 N–H and O–H groups in total. The molecule has 2 atom stereocenters. The van der Waals surface area contributed by atoms with E-state index in [4.69, 9.17) is 5.11 Å². The predicted molar refractivity (Wildman–Crippen MR) is 84.1 cm³/mol. The van der Waals surface area contributed by atoms with Crippen molar-refractivity contribution >= 4 is 35.1 Å². The number of aryl methyl sites for hydroxylation is 1. The second-order valence-corrected chi connectivity index (χ2v) is 7.24. The summed E-state index contributed by atoms with van der Waals surface area (Å²) in [7, 11) is 0. The molecule has 2 unspecified atom stereocenters. The quantitative estimate of drug-likeness (QED) is 0.770. The van der Waals surface area contributed by atoms with Gasteiger partial charge in [0.2, 0.25) is 0 Å². The van der Waals surface area contributed by atoms with E-state index in [0.29, 0.717) is 16.0 Å². The molecule has 116 valence electrons. The maximum Gasteiger partial charge on any atom is 0.347 e. The molecule has 6 nitrogen and oxygen atoms in total. The van der Waals surface area contributed by atoms with Gasteiger partial charge in [-0.05, 0) is 32.4 Å². The smallest absolute Gasteiger partial charge is 0.347 e. The van der Waals surface area contributed by atoms with E-state index < -0.39 is 5.97 Å². The molecular weight excluding hydrogens is 310 g/mol. The summed E-state index contributed by atoms with van der Waals surface area (Å²) in [5.74, 6) is -0.977. The first-order valence-electron chi connectivity index (χ1n) is 6.76. The van der Waals surface area contributed by atoms with Crippen LogP contribution in [0.5, 0.6) is 0 Å². The molecule has 0 radical (unpaired) electrons. The first kappa shape index (κ1) is 16.1. The zero-order valence-corrected chi connectivity index (χ0v) is 13.6. The number of hydrogen-bond donors (Lipinski definition) is 3. The third kappa shape index (κ3) is 4.34. The van der Waals surface area contributed by atoms with Crippen molar-refractivity contribution < 1.29 is 14.7 Å². The van der Waals surface area contributed by atoms with E-state index in [1.54, 1.807) is 6.92 Å². The Labute approximate surface area is 131 Å². The number of carbonyl (C=O) groups is 2. The molecule has 2 amide bonds. The Balaban J connectivity index is 1.79. The van der Waals surface area contributed by atoms with Crippen LogP contribution in [0.2, 0.25) is 0 Å². The van der Waals surface area contributed by atoms with Crippen molar-refractivity contribution in [3.05, 3.63) is 15.6 Å². The van der Waals surface area contributed by atoms with Crippen molar-refractivity contribution in [1.82, 2.24) is 15.6 Å². The molecular formula is C13H19N3O3S2. The molecule has 0 bridgehead atoms. The molecule has 1 saturated carbocycles. The summed E-state index contributed by atoms with van der Waals surface area (Å²) >= 11 is 2.94. The standard InChI is InChI=1S/C13H19N3O3S2/c1-7-11(12(17)18)21-10(15-7)6-14-13(19)16-8-3-4-9(5-8)20-2/h8-9H,3-6H2,1-2H3,(H,17,18)(H2,14,16,19). The van der Waals surface area contributed by atoms with Crippen molar-refractivity contribution in [3.8, 4) is 0 Å². The van der Waals surface area contributed by atoms with Crippen LogP contribution in [0.3, 0.4) is 0 Å². The van der Waals surface area contributed by atoms with Gasteiger partial charge in [0.05, 0.1) is 12.2 Å². The highest BCUT2D eigenvalue weighted by Gasteiger charge is 2.25. The molecule has 2 rings (SSSR count). The third-order valence-corrected chi connectivity index (χ3v) is 5.73. The molecule has 1 aliphatic carbocycles. The summed E-state index contributed by atoms with van der Waals surface area (Å²) in [6, 6.07) is 0.0153. The Kier molecular flexibility index (Phi) is 5.46. The van der Waals surface area contributed by atoms with Crippen LogP contribution in [-0.2, 0) is 6.54 Å². The minimum atomic E-state index is -0.977. The Morgan fingerprint density at radius 1 is 1.48 bits per heavy atom. The van der Waals surface area contributed by atoms with E-state index in [2.05, 4.69) is 21.9 Å². The lowest BCUT2D eigenvalue weighted by Gasteiger charge is -2.13. The van der Waals surface area contributed by atoms with Gasteiger partial charge in [-0.3, -0.25) is 0 Å². The Morgan fingerprint density at radius 3 is 2.81 bits per heavy atom. The first-order valence-corrected chi connectivity index (χ1v) is 8.86. The largest absolute Gasteiger partial charge is 0.477 e. The number of nitrogens with one attached hydrogen (secondary N) is 2. The van der Waals surface area contributed by atoms with Gasteiger partial charge in [0, 0.05) is 11.3 Å². The van der Waals surface area contributed by atoms with Crippen molar-refractivity contribution in [3.63, 3.8) is 0 Å². The van der Waals surface area contributed by atoms with Crippen molar-refractivity contribution in [2.75, 3.05) is 6.26 Å². The van der Waals surface area contributed by atoms with E-state index in [0.717, 1.165) is 30.6 Å². The van der Waals surface area contributed by atoms with Gasteiger partial charge in [-0.15, -0.1) is 11.3 Å². The van der Waals surface area contributed by atoms with Gasteiger partial charge in [0.15, 0.2) is 0 Å². The molecule has 0 saturated heterocycles. The van der Waals surface area contributed by atoms with Crippen LogP contribution in [-0.4, -0.2) is 39.6 Å². The fourth-order valence-corrected chi connectivity index (χ4v) is 4.04. The van der Waals surface area contributed by atoms with Gasteiger partial charge in [-0.25, -0.2) is 14.6 Å². The number of aromatic carboxylic acids is 1. The van der Waals surface area contributed by atoms with Crippen LogP contribution in [0, 0.1) is 6.92 Å². The SMILES string of the molecule is CSC1CCC(NC(=O)NCc2nc(C)c(C(=O)O)s2)C1. The number of rotatable bonds is 5. The molecule has 1 aromatic heterocycles. The fraction of sp³-hybridized carbons (Fsp3) is 0.615. The van der Waals surface area contributed by atoms with Crippen molar-refractivity contribution in [2.24, 2.45) is 0 Å². The zero-order valence-electron chi connectivity index (χ0n) is 12.0.